The molecule has 0 aliphatic heterocycles. The van der Waals surface area contributed by atoms with Gasteiger partial charge in [0.2, 0.25) is 0 Å². The molecule has 5 nitrogen and oxygen atoms in total. The van der Waals surface area contributed by atoms with Crippen LogP contribution in [0.4, 0.5) is 10.2 Å². The maximum absolute atomic E-state index is 13.6. The molecule has 1 aromatic carbocycles. The van der Waals surface area contributed by atoms with E-state index in [1.165, 1.54) is 31.3 Å². The van der Waals surface area contributed by atoms with Crippen molar-refractivity contribution >= 4 is 40.9 Å². The monoisotopic (exact) mass is 356 g/mol. The van der Waals surface area contributed by atoms with Crippen molar-refractivity contribution in [1.29, 1.82) is 0 Å². The van der Waals surface area contributed by atoms with Crippen LogP contribution >= 0.6 is 23.2 Å². The highest BCUT2D eigenvalue weighted by molar-refractivity contribution is 6.30. The number of rotatable bonds is 4. The molecule has 2 rings (SSSR count). The molecular weight excluding hydrogens is 346 g/mol. The van der Waals surface area contributed by atoms with Gasteiger partial charge in [0.05, 0.1) is 10.6 Å². The minimum atomic E-state index is -1.14. The topological polar surface area (TPSA) is 68.3 Å². The van der Waals surface area contributed by atoms with Gasteiger partial charge in [-0.25, -0.2) is 14.2 Å². The van der Waals surface area contributed by atoms with Gasteiger partial charge in [0.15, 0.2) is 6.10 Å². The van der Waals surface area contributed by atoms with Crippen molar-refractivity contribution in [3.8, 4) is 0 Å². The third-order valence-corrected chi connectivity index (χ3v) is 3.24. The first-order valence-corrected chi connectivity index (χ1v) is 7.21. The highest BCUT2D eigenvalue weighted by Crippen LogP contribution is 2.16. The summed E-state index contributed by atoms with van der Waals surface area (Å²) in [7, 11) is 0. The van der Waals surface area contributed by atoms with E-state index < -0.39 is 23.8 Å². The van der Waals surface area contributed by atoms with E-state index in [2.05, 4.69) is 10.3 Å². The largest absolute Gasteiger partial charge is 0.449 e. The first-order valence-electron chi connectivity index (χ1n) is 6.45. The molecule has 1 aromatic heterocycles. The lowest BCUT2D eigenvalue weighted by Crippen LogP contribution is -2.30. The van der Waals surface area contributed by atoms with Crippen LogP contribution < -0.4 is 5.32 Å². The van der Waals surface area contributed by atoms with E-state index >= 15 is 0 Å². The number of esters is 1. The molecule has 0 fully saturated rings. The molecule has 0 bridgehead atoms. The van der Waals surface area contributed by atoms with Gasteiger partial charge >= 0.3 is 5.97 Å². The van der Waals surface area contributed by atoms with Crippen molar-refractivity contribution in [3.63, 3.8) is 0 Å². The number of ether oxygens (including phenoxy) is 1. The summed E-state index contributed by atoms with van der Waals surface area (Å²) in [6.07, 6.45) is 0.215. The smallest absolute Gasteiger partial charge is 0.341 e. The zero-order valence-electron chi connectivity index (χ0n) is 11.8. The number of halogens is 3. The third-order valence-electron chi connectivity index (χ3n) is 2.78. The van der Waals surface area contributed by atoms with Gasteiger partial charge in [-0.1, -0.05) is 23.2 Å². The van der Waals surface area contributed by atoms with Gasteiger partial charge in [0.25, 0.3) is 5.91 Å². The van der Waals surface area contributed by atoms with Gasteiger partial charge in [-0.2, -0.15) is 0 Å². The molecule has 8 heteroatoms. The lowest BCUT2D eigenvalue weighted by atomic mass is 10.2. The third kappa shape index (κ3) is 4.64. The Labute approximate surface area is 141 Å². The zero-order chi connectivity index (χ0) is 17.0. The molecule has 0 aliphatic rings. The Morgan fingerprint density at radius 2 is 1.91 bits per heavy atom. The van der Waals surface area contributed by atoms with E-state index in [9.17, 15) is 14.0 Å². The number of amides is 1. The molecule has 1 atom stereocenters. The maximum Gasteiger partial charge on any atom is 0.341 e. The van der Waals surface area contributed by atoms with Gasteiger partial charge in [0.1, 0.15) is 11.6 Å². The summed E-state index contributed by atoms with van der Waals surface area (Å²) < 4.78 is 18.6. The Morgan fingerprint density at radius 1 is 1.22 bits per heavy atom. The second-order valence-corrected chi connectivity index (χ2v) is 5.40. The molecule has 0 aliphatic carbocycles. The number of pyridine rings is 1. The Kier molecular flexibility index (Phi) is 5.52. The highest BCUT2D eigenvalue weighted by atomic mass is 35.5. The predicted molar refractivity (Wildman–Crippen MR) is 84.2 cm³/mol. The van der Waals surface area contributed by atoms with Gasteiger partial charge in [-0.05, 0) is 37.3 Å². The fraction of sp³-hybridized carbons (Fsp3) is 0.133. The van der Waals surface area contributed by atoms with Crippen LogP contribution in [0.25, 0.3) is 0 Å². The molecule has 1 amide bonds. The summed E-state index contributed by atoms with van der Waals surface area (Å²) in [5.74, 6) is -2.15. The van der Waals surface area contributed by atoms with Crippen molar-refractivity contribution in [2.24, 2.45) is 0 Å². The van der Waals surface area contributed by atoms with Crippen LogP contribution in [0.2, 0.25) is 10.0 Å². The summed E-state index contributed by atoms with van der Waals surface area (Å²) in [5.41, 5.74) is -0.307. The first kappa shape index (κ1) is 17.2. The summed E-state index contributed by atoms with van der Waals surface area (Å²) in [6.45, 7) is 1.36. The molecule has 0 saturated heterocycles. The number of aromatic nitrogens is 1. The average Bonchev–Trinajstić information content (AvgIpc) is 2.49. The molecule has 0 saturated carbocycles. The van der Waals surface area contributed by atoms with E-state index in [1.54, 1.807) is 6.07 Å². The van der Waals surface area contributed by atoms with Gasteiger partial charge in [-0.3, -0.25) is 4.79 Å². The molecule has 0 spiro atoms. The molecular formula is C15H11Cl2FN2O3. The number of nitrogens with zero attached hydrogens (tertiary/aromatic N) is 1. The van der Waals surface area contributed by atoms with Crippen LogP contribution in [0, 0.1) is 5.82 Å². The van der Waals surface area contributed by atoms with Crippen molar-refractivity contribution < 1.29 is 18.7 Å². The molecule has 1 heterocycles. The number of hydrogen-bond donors (Lipinski definition) is 1. The van der Waals surface area contributed by atoms with E-state index in [4.69, 9.17) is 27.9 Å². The minimum Gasteiger partial charge on any atom is -0.449 e. The summed E-state index contributed by atoms with van der Waals surface area (Å²) in [4.78, 5) is 27.7. The van der Waals surface area contributed by atoms with Crippen LogP contribution in [-0.4, -0.2) is 23.0 Å². The summed E-state index contributed by atoms with van der Waals surface area (Å²) in [5, 5.41) is 3.02. The van der Waals surface area contributed by atoms with Crippen LogP contribution in [-0.2, 0) is 9.53 Å². The van der Waals surface area contributed by atoms with Crippen LogP contribution in [0.15, 0.2) is 36.5 Å². The quantitative estimate of drug-likeness (QED) is 0.847. The van der Waals surface area contributed by atoms with Crippen molar-refractivity contribution in [3.05, 3.63) is 58.0 Å². The molecule has 23 heavy (non-hydrogen) atoms. The fourth-order valence-electron chi connectivity index (χ4n) is 1.61. The summed E-state index contributed by atoms with van der Waals surface area (Å²) in [6, 6.07) is 6.56. The normalized spacial score (nSPS) is 11.7. The Balaban J connectivity index is 2.00. The van der Waals surface area contributed by atoms with Gasteiger partial charge in [-0.15, -0.1) is 0 Å². The highest BCUT2D eigenvalue weighted by Gasteiger charge is 2.21. The Hall–Kier alpha value is -2.18. The molecule has 0 radical (unpaired) electrons. The van der Waals surface area contributed by atoms with E-state index in [0.717, 1.165) is 6.07 Å². The van der Waals surface area contributed by atoms with Crippen LogP contribution in [0.1, 0.15) is 17.3 Å². The predicted octanol–water partition coefficient (Wildman–Crippen LogP) is 3.71. The number of benzene rings is 1. The average molecular weight is 357 g/mol. The van der Waals surface area contributed by atoms with Crippen molar-refractivity contribution in [1.82, 2.24) is 4.98 Å². The summed E-state index contributed by atoms with van der Waals surface area (Å²) >= 11 is 11.3. The number of carbonyl (C=O) groups excluding carboxylic acids is 2. The zero-order valence-corrected chi connectivity index (χ0v) is 13.4. The minimum absolute atomic E-state index is 0.152. The lowest BCUT2D eigenvalue weighted by molar-refractivity contribution is -0.123. The molecule has 120 valence electrons. The SMILES string of the molecule is C[C@H](OC(=O)c1ccc(Cl)cc1F)C(=O)Nc1ccc(Cl)cn1. The number of hydrogen-bond acceptors (Lipinski definition) is 4. The molecule has 1 N–H and O–H groups in total. The maximum atomic E-state index is 13.6. The van der Waals surface area contributed by atoms with E-state index in [0.29, 0.717) is 5.02 Å². The number of nitrogens with one attached hydrogen (secondary N) is 1. The van der Waals surface area contributed by atoms with E-state index in [-0.39, 0.29) is 16.4 Å². The number of carbonyl (C=O) groups is 2. The fourth-order valence-corrected chi connectivity index (χ4v) is 1.88. The van der Waals surface area contributed by atoms with Crippen LogP contribution in [0.3, 0.4) is 0 Å². The standard InChI is InChI=1S/C15H11Cl2FN2O3/c1-8(14(21)20-13-5-3-10(17)7-19-13)23-15(22)11-4-2-9(16)6-12(11)18/h2-8H,1H3,(H,19,20,21)/t8-/m0/s1. The van der Waals surface area contributed by atoms with Crippen molar-refractivity contribution in [2.45, 2.75) is 13.0 Å². The van der Waals surface area contributed by atoms with Crippen LogP contribution in [0.5, 0.6) is 0 Å². The molecule has 2 aromatic rings. The lowest BCUT2D eigenvalue weighted by Gasteiger charge is -2.13. The van der Waals surface area contributed by atoms with Gasteiger partial charge in [0, 0.05) is 11.2 Å². The first-order chi connectivity index (χ1) is 10.9. The second-order valence-electron chi connectivity index (χ2n) is 4.52. The Bertz CT molecular complexity index is 738. The van der Waals surface area contributed by atoms with Crippen molar-refractivity contribution in [2.75, 3.05) is 5.32 Å². The Morgan fingerprint density at radius 3 is 2.52 bits per heavy atom. The second kappa shape index (κ2) is 7.39. The molecule has 0 unspecified atom stereocenters. The van der Waals surface area contributed by atoms with Gasteiger partial charge < -0.3 is 10.1 Å². The number of anilines is 1. The van der Waals surface area contributed by atoms with E-state index in [1.807, 2.05) is 0 Å².